The molecule has 0 unspecified atom stereocenters. The van der Waals surface area contributed by atoms with E-state index in [-0.39, 0.29) is 12.6 Å². The van der Waals surface area contributed by atoms with Gasteiger partial charge in [-0.2, -0.15) is 0 Å². The highest BCUT2D eigenvalue weighted by atomic mass is 16.5. The first-order valence-electron chi connectivity index (χ1n) is 6.52. The van der Waals surface area contributed by atoms with Gasteiger partial charge in [0.1, 0.15) is 6.61 Å². The Labute approximate surface area is 118 Å². The van der Waals surface area contributed by atoms with Crippen molar-refractivity contribution in [3.8, 4) is 0 Å². The molecule has 0 heterocycles. The number of nitrogens with one attached hydrogen (secondary N) is 1. The number of rotatable bonds is 5. The molecule has 0 aliphatic rings. The Bertz CT molecular complexity index is 529. The molecule has 1 amide bonds. The highest BCUT2D eigenvalue weighted by Gasteiger charge is 2.13. The lowest BCUT2D eigenvalue weighted by atomic mass is 10.1. The van der Waals surface area contributed by atoms with Gasteiger partial charge in [0.05, 0.1) is 6.04 Å². The van der Waals surface area contributed by atoms with Crippen molar-refractivity contribution in [1.29, 1.82) is 0 Å². The van der Waals surface area contributed by atoms with Gasteiger partial charge < -0.3 is 15.8 Å². The molecule has 4 nitrogen and oxygen atoms in total. The van der Waals surface area contributed by atoms with Gasteiger partial charge in [0, 0.05) is 6.54 Å². The molecule has 2 aromatic rings. The lowest BCUT2D eigenvalue weighted by Crippen LogP contribution is -2.33. The Morgan fingerprint density at radius 2 is 1.65 bits per heavy atom. The number of benzene rings is 2. The van der Waals surface area contributed by atoms with Gasteiger partial charge in [-0.25, -0.2) is 4.79 Å². The molecule has 2 aromatic carbocycles. The highest BCUT2D eigenvalue weighted by Crippen LogP contribution is 2.11. The van der Waals surface area contributed by atoms with Crippen LogP contribution in [0.3, 0.4) is 0 Å². The standard InChI is InChI=1S/C16H18N2O2/c17-11-15(14-9-5-2-6-10-14)18-16(19)20-12-13-7-3-1-4-8-13/h1-10,15H,11-12,17H2,(H,18,19)/t15-/m1/s1. The van der Waals surface area contributed by atoms with E-state index in [1.54, 1.807) is 0 Å². The normalized spacial score (nSPS) is 11.7. The zero-order chi connectivity index (χ0) is 14.2. The molecule has 0 radical (unpaired) electrons. The Kier molecular flexibility index (Phi) is 5.15. The molecule has 0 spiro atoms. The number of ether oxygens (including phenoxy) is 1. The Morgan fingerprint density at radius 1 is 1.05 bits per heavy atom. The summed E-state index contributed by atoms with van der Waals surface area (Å²) in [4.78, 5) is 11.8. The molecule has 0 aliphatic heterocycles. The van der Waals surface area contributed by atoms with E-state index in [9.17, 15) is 4.79 Å². The number of alkyl carbamates (subject to hydrolysis) is 1. The van der Waals surface area contributed by atoms with Crippen LogP contribution in [0.2, 0.25) is 0 Å². The van der Waals surface area contributed by atoms with Crippen molar-refractivity contribution in [1.82, 2.24) is 5.32 Å². The topological polar surface area (TPSA) is 64.3 Å². The van der Waals surface area contributed by atoms with Crippen LogP contribution in [0.5, 0.6) is 0 Å². The molecule has 3 N–H and O–H groups in total. The van der Waals surface area contributed by atoms with Crippen molar-refractivity contribution >= 4 is 6.09 Å². The molecule has 0 saturated carbocycles. The molecule has 20 heavy (non-hydrogen) atoms. The zero-order valence-electron chi connectivity index (χ0n) is 11.2. The first kappa shape index (κ1) is 14.1. The summed E-state index contributed by atoms with van der Waals surface area (Å²) in [6.07, 6.45) is -0.465. The van der Waals surface area contributed by atoms with E-state index in [1.807, 2.05) is 60.7 Å². The summed E-state index contributed by atoms with van der Waals surface area (Å²) in [6.45, 7) is 0.573. The fourth-order valence-electron chi connectivity index (χ4n) is 1.87. The van der Waals surface area contributed by atoms with E-state index >= 15 is 0 Å². The number of hydrogen-bond donors (Lipinski definition) is 2. The molecule has 2 rings (SSSR count). The number of carbonyl (C=O) groups is 1. The molecular formula is C16H18N2O2. The van der Waals surface area contributed by atoms with E-state index in [1.165, 1.54) is 0 Å². The summed E-state index contributed by atoms with van der Waals surface area (Å²) in [6, 6.07) is 18.9. The van der Waals surface area contributed by atoms with Gasteiger partial charge in [0.15, 0.2) is 0 Å². The molecule has 0 saturated heterocycles. The largest absolute Gasteiger partial charge is 0.445 e. The number of amides is 1. The molecule has 0 aromatic heterocycles. The van der Waals surface area contributed by atoms with Gasteiger partial charge in [0.25, 0.3) is 0 Å². The van der Waals surface area contributed by atoms with Crippen molar-refractivity contribution < 1.29 is 9.53 Å². The Hall–Kier alpha value is -2.33. The van der Waals surface area contributed by atoms with Gasteiger partial charge in [-0.1, -0.05) is 60.7 Å². The van der Waals surface area contributed by atoms with Crippen molar-refractivity contribution in [2.75, 3.05) is 6.54 Å². The maximum Gasteiger partial charge on any atom is 0.407 e. The minimum Gasteiger partial charge on any atom is -0.445 e. The van der Waals surface area contributed by atoms with E-state index in [2.05, 4.69) is 5.32 Å². The van der Waals surface area contributed by atoms with Crippen LogP contribution < -0.4 is 11.1 Å². The fraction of sp³-hybridized carbons (Fsp3) is 0.188. The van der Waals surface area contributed by atoms with Crippen molar-refractivity contribution in [2.24, 2.45) is 5.73 Å². The monoisotopic (exact) mass is 270 g/mol. The number of carbonyl (C=O) groups excluding carboxylic acids is 1. The van der Waals surface area contributed by atoms with Crippen LogP contribution in [0.4, 0.5) is 4.79 Å². The average molecular weight is 270 g/mol. The molecule has 0 bridgehead atoms. The lowest BCUT2D eigenvalue weighted by molar-refractivity contribution is 0.136. The molecule has 0 aliphatic carbocycles. The maximum absolute atomic E-state index is 11.8. The van der Waals surface area contributed by atoms with Gasteiger partial charge in [0.2, 0.25) is 0 Å². The van der Waals surface area contributed by atoms with Crippen molar-refractivity contribution in [3.63, 3.8) is 0 Å². The Balaban J connectivity index is 1.87. The van der Waals surface area contributed by atoms with Crippen LogP contribution in [0.25, 0.3) is 0 Å². The second-order valence-electron chi connectivity index (χ2n) is 4.41. The fourth-order valence-corrected chi connectivity index (χ4v) is 1.87. The quantitative estimate of drug-likeness (QED) is 0.877. The van der Waals surface area contributed by atoms with Crippen LogP contribution in [0.15, 0.2) is 60.7 Å². The summed E-state index contributed by atoms with van der Waals surface area (Å²) in [5.74, 6) is 0. The first-order valence-corrected chi connectivity index (χ1v) is 6.52. The summed E-state index contributed by atoms with van der Waals surface area (Å²) < 4.78 is 5.18. The molecule has 0 fully saturated rings. The average Bonchev–Trinajstić information content (AvgIpc) is 2.52. The van der Waals surface area contributed by atoms with Gasteiger partial charge in [-0.05, 0) is 11.1 Å². The van der Waals surface area contributed by atoms with E-state index in [0.29, 0.717) is 6.54 Å². The van der Waals surface area contributed by atoms with Crippen molar-refractivity contribution in [3.05, 3.63) is 71.8 Å². The third-order valence-electron chi connectivity index (χ3n) is 2.94. The molecular weight excluding hydrogens is 252 g/mol. The Morgan fingerprint density at radius 3 is 2.25 bits per heavy atom. The van der Waals surface area contributed by atoms with E-state index in [4.69, 9.17) is 10.5 Å². The first-order chi connectivity index (χ1) is 9.79. The van der Waals surface area contributed by atoms with Crippen LogP contribution in [0, 0.1) is 0 Å². The smallest absolute Gasteiger partial charge is 0.407 e. The van der Waals surface area contributed by atoms with Crippen LogP contribution in [0.1, 0.15) is 17.2 Å². The highest BCUT2D eigenvalue weighted by molar-refractivity contribution is 5.68. The summed E-state index contributed by atoms with van der Waals surface area (Å²) in [5, 5.41) is 2.77. The maximum atomic E-state index is 11.8. The summed E-state index contributed by atoms with van der Waals surface area (Å²) >= 11 is 0. The van der Waals surface area contributed by atoms with Gasteiger partial charge in [-0.15, -0.1) is 0 Å². The summed E-state index contributed by atoms with van der Waals surface area (Å²) in [5.41, 5.74) is 7.61. The second-order valence-corrected chi connectivity index (χ2v) is 4.41. The van der Waals surface area contributed by atoms with Crippen molar-refractivity contribution in [2.45, 2.75) is 12.6 Å². The SMILES string of the molecule is NC[C@@H](NC(=O)OCc1ccccc1)c1ccccc1. The zero-order valence-corrected chi connectivity index (χ0v) is 11.2. The number of nitrogens with two attached hydrogens (primary N) is 1. The second kappa shape index (κ2) is 7.31. The van der Waals surface area contributed by atoms with Crippen LogP contribution in [-0.2, 0) is 11.3 Å². The predicted octanol–water partition coefficient (Wildman–Crippen LogP) is 2.61. The van der Waals surface area contributed by atoms with Crippen LogP contribution in [-0.4, -0.2) is 12.6 Å². The van der Waals surface area contributed by atoms with E-state index in [0.717, 1.165) is 11.1 Å². The van der Waals surface area contributed by atoms with E-state index < -0.39 is 6.09 Å². The molecule has 1 atom stereocenters. The lowest BCUT2D eigenvalue weighted by Gasteiger charge is -2.17. The van der Waals surface area contributed by atoms with Crippen LogP contribution >= 0.6 is 0 Å². The van der Waals surface area contributed by atoms with Gasteiger partial charge >= 0.3 is 6.09 Å². The van der Waals surface area contributed by atoms with Gasteiger partial charge in [-0.3, -0.25) is 0 Å². The predicted molar refractivity (Wildman–Crippen MR) is 78.0 cm³/mol. The molecule has 4 heteroatoms. The summed E-state index contributed by atoms with van der Waals surface area (Å²) in [7, 11) is 0. The third kappa shape index (κ3) is 4.10. The minimum absolute atomic E-state index is 0.237. The molecule has 104 valence electrons. The third-order valence-corrected chi connectivity index (χ3v) is 2.94. The minimum atomic E-state index is -0.465. The number of hydrogen-bond acceptors (Lipinski definition) is 3.